The Bertz CT molecular complexity index is 1550. The van der Waals surface area contributed by atoms with Crippen molar-refractivity contribution in [3.63, 3.8) is 0 Å². The van der Waals surface area contributed by atoms with Crippen molar-refractivity contribution in [1.29, 1.82) is 0 Å². The Morgan fingerprint density at radius 3 is 1.77 bits per heavy atom. The minimum Gasteiger partial charge on any atom is -0.377 e. The van der Waals surface area contributed by atoms with Crippen LogP contribution in [0.15, 0.2) is 131 Å². The van der Waals surface area contributed by atoms with E-state index in [9.17, 15) is 9.59 Å². The van der Waals surface area contributed by atoms with Crippen LogP contribution in [0.4, 0.5) is 0 Å². The highest BCUT2D eigenvalue weighted by Crippen LogP contribution is 2.40. The molecule has 0 saturated carbocycles. The largest absolute Gasteiger partial charge is 0.377 e. The van der Waals surface area contributed by atoms with Gasteiger partial charge in [-0.3, -0.25) is 9.36 Å². The van der Waals surface area contributed by atoms with Crippen LogP contribution in [0.25, 0.3) is 5.82 Å². The average molecular weight is 534 g/mol. The third-order valence-corrected chi connectivity index (χ3v) is 6.97. The van der Waals surface area contributed by atoms with E-state index in [1.165, 1.54) is 4.57 Å². The zero-order valence-corrected chi connectivity index (χ0v) is 22.5. The van der Waals surface area contributed by atoms with Crippen LogP contribution in [-0.4, -0.2) is 33.9 Å². The Kier molecular flexibility index (Phi) is 8.15. The maximum absolute atomic E-state index is 13.4. The number of nitrogens with zero attached hydrogens (tertiary/aromatic N) is 3. The van der Waals surface area contributed by atoms with Gasteiger partial charge in [-0.2, -0.15) is 0 Å². The molecule has 0 spiro atoms. The molecule has 7 nitrogen and oxygen atoms in total. The summed E-state index contributed by atoms with van der Waals surface area (Å²) >= 11 is 0. The number of hydrogen-bond donors (Lipinski definition) is 0. The fraction of sp³-hybridized carbons (Fsp3) is 0.182. The Morgan fingerprint density at radius 1 is 0.775 bits per heavy atom. The van der Waals surface area contributed by atoms with E-state index in [-0.39, 0.29) is 19.0 Å². The lowest BCUT2D eigenvalue weighted by atomic mass is 9.80. The van der Waals surface area contributed by atoms with Crippen LogP contribution in [-0.2, 0) is 21.6 Å². The Morgan fingerprint density at radius 2 is 1.30 bits per heavy atom. The average Bonchev–Trinajstić information content (AvgIpc) is 3.01. The van der Waals surface area contributed by atoms with Crippen LogP contribution in [0.1, 0.15) is 22.3 Å². The topological polar surface area (TPSA) is 75.3 Å². The number of aryl methyl sites for hydroxylation is 1. The molecule has 3 aromatic carbocycles. The minimum atomic E-state index is -0.922. The van der Waals surface area contributed by atoms with Crippen LogP contribution in [0.5, 0.6) is 0 Å². The molecule has 5 rings (SSSR count). The van der Waals surface area contributed by atoms with Crippen LogP contribution >= 0.6 is 0 Å². The molecule has 0 radical (unpaired) electrons. The van der Waals surface area contributed by atoms with Crippen LogP contribution < -0.4 is 11.2 Å². The fourth-order valence-electron chi connectivity index (χ4n) is 4.96. The molecule has 1 atom stereocenters. The predicted octanol–water partition coefficient (Wildman–Crippen LogP) is 4.73. The van der Waals surface area contributed by atoms with Crippen LogP contribution in [0.3, 0.4) is 0 Å². The Balaban J connectivity index is 1.54. The van der Waals surface area contributed by atoms with Gasteiger partial charge in [0.15, 0.2) is 0 Å². The summed E-state index contributed by atoms with van der Waals surface area (Å²) in [5.41, 5.74) is 1.53. The summed E-state index contributed by atoms with van der Waals surface area (Å²) in [7, 11) is 1.59. The molecular formula is C33H31N3O4. The molecule has 1 unspecified atom stereocenters. The van der Waals surface area contributed by atoms with E-state index < -0.39 is 23.0 Å². The summed E-state index contributed by atoms with van der Waals surface area (Å²) in [6.45, 7) is 2.03. The van der Waals surface area contributed by atoms with E-state index in [1.54, 1.807) is 44.6 Å². The second-order valence-corrected chi connectivity index (χ2v) is 9.52. The van der Waals surface area contributed by atoms with Crippen molar-refractivity contribution >= 4 is 0 Å². The van der Waals surface area contributed by atoms with Gasteiger partial charge in [0.2, 0.25) is 0 Å². The number of methoxy groups -OCH3 is 1. The maximum Gasteiger partial charge on any atom is 0.336 e. The molecule has 0 aliphatic heterocycles. The molecule has 202 valence electrons. The zero-order valence-electron chi connectivity index (χ0n) is 22.5. The standard InChI is InChI=1S/C33H31N3O4/c1-25-22-35(32(38)36(31(25)37)30-20-12-13-21-34-30)23-29(39-2)24-40-33(26-14-6-3-7-15-26,27-16-8-4-9-17-27)28-18-10-5-11-19-28/h3-22,29H,23-24H2,1-2H3. The van der Waals surface area contributed by atoms with Crippen molar-refractivity contribution in [3.8, 4) is 5.82 Å². The minimum absolute atomic E-state index is 0.170. The lowest BCUT2D eigenvalue weighted by Gasteiger charge is -2.37. The zero-order chi connectivity index (χ0) is 28.0. The first-order chi connectivity index (χ1) is 19.5. The Hall–Kier alpha value is -4.59. The highest BCUT2D eigenvalue weighted by molar-refractivity contribution is 5.47. The second kappa shape index (κ2) is 12.1. The molecule has 5 aromatic rings. The lowest BCUT2D eigenvalue weighted by molar-refractivity contribution is -0.0568. The van der Waals surface area contributed by atoms with Gasteiger partial charge >= 0.3 is 5.69 Å². The van der Waals surface area contributed by atoms with Gasteiger partial charge in [0, 0.05) is 25.1 Å². The normalized spacial score (nSPS) is 12.2. The van der Waals surface area contributed by atoms with Crippen molar-refractivity contribution in [3.05, 3.63) is 165 Å². The maximum atomic E-state index is 13.4. The summed E-state index contributed by atoms with van der Waals surface area (Å²) < 4.78 is 15.3. The smallest absolute Gasteiger partial charge is 0.336 e. The number of benzene rings is 3. The SMILES string of the molecule is COC(COC(c1ccccc1)(c1ccccc1)c1ccccc1)Cn1cc(C)c(=O)n(-c2ccccn2)c1=O. The number of ether oxygens (including phenoxy) is 2. The highest BCUT2D eigenvalue weighted by atomic mass is 16.5. The summed E-state index contributed by atoms with van der Waals surface area (Å²) in [5.74, 6) is 0.274. The number of pyridine rings is 1. The van der Waals surface area contributed by atoms with Crippen molar-refractivity contribution < 1.29 is 9.47 Å². The molecule has 0 aliphatic carbocycles. The van der Waals surface area contributed by atoms with E-state index >= 15 is 0 Å². The summed E-state index contributed by atoms with van der Waals surface area (Å²) in [6.07, 6.45) is 2.62. The van der Waals surface area contributed by atoms with E-state index in [0.717, 1.165) is 21.3 Å². The first-order valence-corrected chi connectivity index (χ1v) is 13.1. The monoisotopic (exact) mass is 533 g/mol. The third kappa shape index (κ3) is 5.30. The predicted molar refractivity (Wildman–Crippen MR) is 155 cm³/mol. The van der Waals surface area contributed by atoms with Crippen LogP contribution in [0.2, 0.25) is 0 Å². The number of rotatable bonds is 10. The van der Waals surface area contributed by atoms with Crippen molar-refractivity contribution in [2.24, 2.45) is 0 Å². The van der Waals surface area contributed by atoms with Crippen molar-refractivity contribution in [1.82, 2.24) is 14.1 Å². The van der Waals surface area contributed by atoms with Gasteiger partial charge in [-0.1, -0.05) is 97.1 Å². The molecule has 2 aromatic heterocycles. The second-order valence-electron chi connectivity index (χ2n) is 9.52. The fourth-order valence-corrected chi connectivity index (χ4v) is 4.96. The molecule has 0 amide bonds. The number of hydrogen-bond acceptors (Lipinski definition) is 5. The molecule has 0 aliphatic rings. The highest BCUT2D eigenvalue weighted by Gasteiger charge is 2.38. The molecular weight excluding hydrogens is 502 g/mol. The van der Waals surface area contributed by atoms with Gasteiger partial charge in [-0.15, -0.1) is 0 Å². The van der Waals surface area contributed by atoms with Crippen molar-refractivity contribution in [2.45, 2.75) is 25.2 Å². The third-order valence-electron chi connectivity index (χ3n) is 6.97. The molecule has 0 saturated heterocycles. The quantitative estimate of drug-likeness (QED) is 0.243. The van der Waals surface area contributed by atoms with E-state index in [4.69, 9.17) is 9.47 Å². The van der Waals surface area contributed by atoms with Gasteiger partial charge in [-0.25, -0.2) is 14.3 Å². The summed E-state index contributed by atoms with van der Waals surface area (Å²) in [6, 6.07) is 35.4. The summed E-state index contributed by atoms with van der Waals surface area (Å²) in [5, 5.41) is 0. The lowest BCUT2D eigenvalue weighted by Crippen LogP contribution is -2.43. The first kappa shape index (κ1) is 27.0. The van der Waals surface area contributed by atoms with Gasteiger partial charge in [0.1, 0.15) is 11.4 Å². The summed E-state index contributed by atoms with van der Waals surface area (Å²) in [4.78, 5) is 30.5. The van der Waals surface area contributed by atoms with Gasteiger partial charge < -0.3 is 9.47 Å². The van der Waals surface area contributed by atoms with Gasteiger partial charge in [0.05, 0.1) is 19.3 Å². The molecule has 40 heavy (non-hydrogen) atoms. The molecule has 7 heteroatoms. The van der Waals surface area contributed by atoms with Gasteiger partial charge in [-0.05, 0) is 35.7 Å². The molecule has 0 fully saturated rings. The van der Waals surface area contributed by atoms with E-state index in [0.29, 0.717) is 5.56 Å². The van der Waals surface area contributed by atoms with Crippen LogP contribution in [0, 0.1) is 6.92 Å². The first-order valence-electron chi connectivity index (χ1n) is 13.1. The van der Waals surface area contributed by atoms with Crippen molar-refractivity contribution in [2.75, 3.05) is 13.7 Å². The molecule has 2 heterocycles. The molecule has 0 N–H and O–H groups in total. The van der Waals surface area contributed by atoms with E-state index in [2.05, 4.69) is 41.4 Å². The van der Waals surface area contributed by atoms with E-state index in [1.807, 2.05) is 54.6 Å². The molecule has 0 bridgehead atoms. The number of aromatic nitrogens is 3. The Labute approximate surface area is 232 Å². The van der Waals surface area contributed by atoms with Gasteiger partial charge in [0.25, 0.3) is 5.56 Å².